The normalized spacial score (nSPS) is 14.9. The number of nitrogens with one attached hydrogen (secondary N) is 1. The van der Waals surface area contributed by atoms with Crippen molar-refractivity contribution in [1.29, 1.82) is 0 Å². The summed E-state index contributed by atoms with van der Waals surface area (Å²) in [4.78, 5) is 19.1. The second-order valence-electron chi connectivity index (χ2n) is 7.55. The number of aromatic nitrogens is 1. The largest absolute Gasteiger partial charge is 0.467 e. The molecule has 152 valence electrons. The first-order valence-corrected chi connectivity index (χ1v) is 11.1. The third kappa shape index (κ3) is 3.96. The van der Waals surface area contributed by atoms with Crippen LogP contribution in [0.5, 0.6) is 5.19 Å². The number of likely N-dealkylation sites (tertiary alicyclic amines) is 1. The molecule has 0 atom stereocenters. The van der Waals surface area contributed by atoms with Crippen molar-refractivity contribution in [2.75, 3.05) is 13.1 Å². The van der Waals surface area contributed by atoms with Gasteiger partial charge in [-0.25, -0.2) is 9.78 Å². The summed E-state index contributed by atoms with van der Waals surface area (Å²) in [6, 6.07) is 22.5. The standard InChI is InChI=1S/C24H23N3O2S/c28-23(25-16-18-8-5-7-17-6-1-2-9-20(17)18)27-14-12-19(13-15-27)29-24-26-21-10-3-4-11-22(21)30-24/h1-11,19H,12-16H2,(H,25,28). The van der Waals surface area contributed by atoms with Gasteiger partial charge >= 0.3 is 6.03 Å². The van der Waals surface area contributed by atoms with E-state index in [0.29, 0.717) is 19.6 Å². The van der Waals surface area contributed by atoms with Gasteiger partial charge in [0.2, 0.25) is 0 Å². The molecule has 5 rings (SSSR count). The van der Waals surface area contributed by atoms with Gasteiger partial charge in [-0.1, -0.05) is 65.9 Å². The SMILES string of the molecule is O=C(NCc1cccc2ccccc12)N1CCC(Oc2nc3ccccc3s2)CC1. The number of benzene rings is 3. The molecule has 4 aromatic rings. The highest BCUT2D eigenvalue weighted by Gasteiger charge is 2.24. The van der Waals surface area contributed by atoms with Crippen LogP contribution in [0.1, 0.15) is 18.4 Å². The Hall–Kier alpha value is -3.12. The first kappa shape index (κ1) is 18.9. The van der Waals surface area contributed by atoms with Gasteiger partial charge in [-0.3, -0.25) is 0 Å². The number of ether oxygens (including phenoxy) is 1. The molecule has 1 aliphatic rings. The number of thiazole rings is 1. The number of urea groups is 1. The number of fused-ring (bicyclic) bond motifs is 2. The zero-order valence-electron chi connectivity index (χ0n) is 16.6. The van der Waals surface area contributed by atoms with E-state index in [0.717, 1.165) is 33.8 Å². The summed E-state index contributed by atoms with van der Waals surface area (Å²) in [5, 5.41) is 6.17. The second kappa shape index (κ2) is 8.32. The molecule has 0 unspecified atom stereocenters. The fourth-order valence-electron chi connectivity index (χ4n) is 3.95. The van der Waals surface area contributed by atoms with Crippen LogP contribution in [0, 0.1) is 0 Å². The lowest BCUT2D eigenvalue weighted by Gasteiger charge is -2.31. The average molecular weight is 418 g/mol. The summed E-state index contributed by atoms with van der Waals surface area (Å²) in [5.74, 6) is 0. The van der Waals surface area contributed by atoms with Gasteiger partial charge in [0.05, 0.1) is 10.2 Å². The zero-order chi connectivity index (χ0) is 20.3. The van der Waals surface area contributed by atoms with Crippen LogP contribution >= 0.6 is 11.3 Å². The summed E-state index contributed by atoms with van der Waals surface area (Å²) in [6.45, 7) is 1.91. The smallest absolute Gasteiger partial charge is 0.317 e. The first-order valence-electron chi connectivity index (χ1n) is 10.3. The van der Waals surface area contributed by atoms with Crippen molar-refractivity contribution >= 4 is 38.4 Å². The van der Waals surface area contributed by atoms with Crippen LogP contribution in [-0.2, 0) is 6.54 Å². The summed E-state index contributed by atoms with van der Waals surface area (Å²) in [6.07, 6.45) is 1.74. The van der Waals surface area contributed by atoms with Crippen LogP contribution in [0.4, 0.5) is 4.79 Å². The third-order valence-electron chi connectivity index (χ3n) is 5.58. The highest BCUT2D eigenvalue weighted by Crippen LogP contribution is 2.29. The summed E-state index contributed by atoms with van der Waals surface area (Å²) < 4.78 is 7.23. The molecule has 0 radical (unpaired) electrons. The Morgan fingerprint density at radius 1 is 1.03 bits per heavy atom. The maximum Gasteiger partial charge on any atom is 0.317 e. The van der Waals surface area contributed by atoms with Crippen LogP contribution in [0.2, 0.25) is 0 Å². The van der Waals surface area contributed by atoms with Crippen molar-refractivity contribution < 1.29 is 9.53 Å². The Morgan fingerprint density at radius 3 is 2.67 bits per heavy atom. The van der Waals surface area contributed by atoms with Gasteiger partial charge in [0.15, 0.2) is 0 Å². The number of rotatable bonds is 4. The molecule has 0 saturated carbocycles. The number of para-hydroxylation sites is 1. The number of hydrogen-bond donors (Lipinski definition) is 1. The minimum absolute atomic E-state index is 0.0126. The van der Waals surface area contributed by atoms with Crippen molar-refractivity contribution in [3.8, 4) is 5.19 Å². The highest BCUT2D eigenvalue weighted by molar-refractivity contribution is 7.20. The zero-order valence-corrected chi connectivity index (χ0v) is 17.4. The molecule has 2 heterocycles. The predicted octanol–water partition coefficient (Wildman–Crippen LogP) is 5.20. The number of piperidine rings is 1. The van der Waals surface area contributed by atoms with Crippen LogP contribution in [0.25, 0.3) is 21.0 Å². The average Bonchev–Trinajstić information content (AvgIpc) is 3.20. The fourth-order valence-corrected chi connectivity index (χ4v) is 4.83. The molecule has 0 spiro atoms. The van der Waals surface area contributed by atoms with E-state index in [1.165, 1.54) is 10.8 Å². The molecule has 0 aliphatic carbocycles. The number of nitrogens with zero attached hydrogens (tertiary/aromatic N) is 2. The molecule has 1 fully saturated rings. The van der Waals surface area contributed by atoms with Gasteiger partial charge < -0.3 is 15.0 Å². The van der Waals surface area contributed by atoms with E-state index in [2.05, 4.69) is 40.6 Å². The van der Waals surface area contributed by atoms with Gasteiger partial charge in [0.1, 0.15) is 6.10 Å². The van der Waals surface area contributed by atoms with Gasteiger partial charge in [-0.15, -0.1) is 0 Å². The fraction of sp³-hybridized carbons (Fsp3) is 0.250. The molecule has 0 bridgehead atoms. The van der Waals surface area contributed by atoms with Gasteiger partial charge in [-0.2, -0.15) is 0 Å². The molecule has 1 aliphatic heterocycles. The van der Waals surface area contributed by atoms with E-state index in [-0.39, 0.29) is 12.1 Å². The van der Waals surface area contributed by atoms with E-state index >= 15 is 0 Å². The third-order valence-corrected chi connectivity index (χ3v) is 6.51. The molecule has 30 heavy (non-hydrogen) atoms. The second-order valence-corrected chi connectivity index (χ2v) is 8.54. The van der Waals surface area contributed by atoms with E-state index in [9.17, 15) is 4.79 Å². The van der Waals surface area contributed by atoms with Crippen LogP contribution in [0.3, 0.4) is 0 Å². The molecule has 5 nitrogen and oxygen atoms in total. The van der Waals surface area contributed by atoms with Gasteiger partial charge in [-0.05, 0) is 28.5 Å². The maximum atomic E-state index is 12.7. The first-order chi connectivity index (χ1) is 14.8. The minimum atomic E-state index is -0.0126. The van der Waals surface area contributed by atoms with Crippen molar-refractivity contribution in [3.05, 3.63) is 72.3 Å². The predicted molar refractivity (Wildman–Crippen MR) is 121 cm³/mol. The van der Waals surface area contributed by atoms with E-state index in [1.807, 2.05) is 41.3 Å². The summed E-state index contributed by atoms with van der Waals surface area (Å²) in [7, 11) is 0. The Bertz CT molecular complexity index is 1140. The minimum Gasteiger partial charge on any atom is -0.467 e. The van der Waals surface area contributed by atoms with Crippen LogP contribution in [0.15, 0.2) is 66.7 Å². The van der Waals surface area contributed by atoms with Gasteiger partial charge in [0.25, 0.3) is 5.19 Å². The lowest BCUT2D eigenvalue weighted by molar-refractivity contribution is 0.111. The molecular weight excluding hydrogens is 394 g/mol. The molecule has 6 heteroatoms. The molecule has 1 saturated heterocycles. The van der Waals surface area contributed by atoms with E-state index in [4.69, 9.17) is 4.74 Å². The lowest BCUT2D eigenvalue weighted by atomic mass is 10.0. The molecule has 3 aromatic carbocycles. The Kier molecular flexibility index (Phi) is 5.24. The molecule has 1 aromatic heterocycles. The van der Waals surface area contributed by atoms with Crippen LogP contribution < -0.4 is 10.1 Å². The molecule has 1 N–H and O–H groups in total. The summed E-state index contributed by atoms with van der Waals surface area (Å²) >= 11 is 1.58. The number of amides is 2. The Balaban J connectivity index is 1.15. The van der Waals surface area contributed by atoms with E-state index in [1.54, 1.807) is 11.3 Å². The number of carbonyl (C=O) groups excluding carboxylic acids is 1. The Labute approximate surface area is 179 Å². The Morgan fingerprint density at radius 2 is 1.80 bits per heavy atom. The molecule has 2 amide bonds. The van der Waals surface area contributed by atoms with Crippen molar-refractivity contribution in [1.82, 2.24) is 15.2 Å². The highest BCUT2D eigenvalue weighted by atomic mass is 32.1. The number of hydrogen-bond acceptors (Lipinski definition) is 4. The van der Waals surface area contributed by atoms with Gasteiger partial charge in [0, 0.05) is 32.5 Å². The molecular formula is C24H23N3O2S. The topological polar surface area (TPSA) is 54.5 Å². The monoisotopic (exact) mass is 417 g/mol. The summed E-state index contributed by atoms with van der Waals surface area (Å²) in [5.41, 5.74) is 2.11. The van der Waals surface area contributed by atoms with E-state index < -0.39 is 0 Å². The van der Waals surface area contributed by atoms with Crippen LogP contribution in [-0.4, -0.2) is 35.1 Å². The van der Waals surface area contributed by atoms with Crippen molar-refractivity contribution in [2.45, 2.75) is 25.5 Å². The lowest BCUT2D eigenvalue weighted by Crippen LogP contribution is -2.46. The van der Waals surface area contributed by atoms with Crippen molar-refractivity contribution in [3.63, 3.8) is 0 Å². The number of carbonyl (C=O) groups is 1. The van der Waals surface area contributed by atoms with Crippen molar-refractivity contribution in [2.24, 2.45) is 0 Å². The maximum absolute atomic E-state index is 12.7. The quantitative estimate of drug-likeness (QED) is 0.496.